The van der Waals surface area contributed by atoms with Crippen LogP contribution in [0.5, 0.6) is 11.5 Å². The lowest BCUT2D eigenvalue weighted by Gasteiger charge is -2.29. The van der Waals surface area contributed by atoms with Gasteiger partial charge in [-0.3, -0.25) is 5.32 Å². The van der Waals surface area contributed by atoms with Crippen LogP contribution in [0.3, 0.4) is 0 Å². The lowest BCUT2D eigenvalue weighted by molar-refractivity contribution is -0.144. The predicted octanol–water partition coefficient (Wildman–Crippen LogP) is 2.00. The van der Waals surface area contributed by atoms with Crippen LogP contribution >= 0.6 is 0 Å². The van der Waals surface area contributed by atoms with Crippen molar-refractivity contribution in [1.29, 1.82) is 0 Å². The zero-order valence-electron chi connectivity index (χ0n) is 12.1. The van der Waals surface area contributed by atoms with Gasteiger partial charge in [0.25, 0.3) is 0 Å². The van der Waals surface area contributed by atoms with Crippen LogP contribution in [0.1, 0.15) is 25.3 Å². The SMILES string of the molecule is COc1ccc(OC)c(C(C)(NCC2CC2)C(=O)O)c1. The normalized spacial score (nSPS) is 17.4. The van der Waals surface area contributed by atoms with Gasteiger partial charge in [0.05, 0.1) is 14.2 Å². The molecule has 1 saturated carbocycles. The van der Waals surface area contributed by atoms with E-state index in [9.17, 15) is 9.90 Å². The summed E-state index contributed by atoms with van der Waals surface area (Å²) in [5.74, 6) is 0.815. The number of hydrogen-bond acceptors (Lipinski definition) is 4. The highest BCUT2D eigenvalue weighted by atomic mass is 16.5. The number of carbonyl (C=O) groups is 1. The molecule has 5 nitrogen and oxygen atoms in total. The van der Waals surface area contributed by atoms with Gasteiger partial charge in [-0.15, -0.1) is 0 Å². The average Bonchev–Trinajstić information content (AvgIpc) is 3.28. The van der Waals surface area contributed by atoms with Gasteiger partial charge in [0.15, 0.2) is 0 Å². The Hall–Kier alpha value is -1.75. The van der Waals surface area contributed by atoms with Gasteiger partial charge in [-0.2, -0.15) is 0 Å². The van der Waals surface area contributed by atoms with Gasteiger partial charge >= 0.3 is 5.97 Å². The lowest BCUT2D eigenvalue weighted by atomic mass is 9.90. The first-order chi connectivity index (χ1) is 9.51. The van der Waals surface area contributed by atoms with E-state index in [2.05, 4.69) is 5.32 Å². The molecule has 1 aliphatic carbocycles. The van der Waals surface area contributed by atoms with Crippen LogP contribution in [0.25, 0.3) is 0 Å². The standard InChI is InChI=1S/C15H21NO4/c1-15(14(17)18,16-9-10-4-5-10)12-8-11(19-2)6-7-13(12)20-3/h6-8,10,16H,4-5,9H2,1-3H3,(H,17,18). The van der Waals surface area contributed by atoms with Gasteiger partial charge in [-0.05, 0) is 50.4 Å². The molecule has 0 aromatic heterocycles. The number of carboxylic acid groups (broad SMARTS) is 1. The molecular weight excluding hydrogens is 258 g/mol. The third-order valence-corrected chi connectivity index (χ3v) is 3.81. The third kappa shape index (κ3) is 2.88. The van der Waals surface area contributed by atoms with Gasteiger partial charge in [-0.25, -0.2) is 4.79 Å². The molecule has 0 saturated heterocycles. The minimum absolute atomic E-state index is 0.541. The summed E-state index contributed by atoms with van der Waals surface area (Å²) in [7, 11) is 3.09. The van der Waals surface area contributed by atoms with Crippen LogP contribution in [0, 0.1) is 5.92 Å². The summed E-state index contributed by atoms with van der Waals surface area (Å²) in [6.45, 7) is 2.36. The van der Waals surface area contributed by atoms with Crippen LogP contribution < -0.4 is 14.8 Å². The summed E-state index contributed by atoms with van der Waals surface area (Å²) in [6.07, 6.45) is 2.33. The molecule has 2 rings (SSSR count). The molecule has 0 radical (unpaired) electrons. The smallest absolute Gasteiger partial charge is 0.328 e. The maximum Gasteiger partial charge on any atom is 0.328 e. The van der Waals surface area contributed by atoms with Crippen molar-refractivity contribution in [3.05, 3.63) is 23.8 Å². The van der Waals surface area contributed by atoms with Gasteiger partial charge in [0.2, 0.25) is 0 Å². The molecule has 2 N–H and O–H groups in total. The van der Waals surface area contributed by atoms with E-state index in [1.54, 1.807) is 32.2 Å². The molecule has 0 amide bonds. The van der Waals surface area contributed by atoms with Crippen LogP contribution in [0.2, 0.25) is 0 Å². The van der Waals surface area contributed by atoms with Crippen molar-refractivity contribution in [1.82, 2.24) is 5.32 Å². The number of aliphatic carboxylic acids is 1. The van der Waals surface area contributed by atoms with Crippen molar-refractivity contribution in [2.75, 3.05) is 20.8 Å². The van der Waals surface area contributed by atoms with E-state index in [0.717, 1.165) is 12.8 Å². The van der Waals surface area contributed by atoms with E-state index in [4.69, 9.17) is 9.47 Å². The second kappa shape index (κ2) is 5.71. The summed E-state index contributed by atoms with van der Waals surface area (Å²) in [6, 6.07) is 5.20. The van der Waals surface area contributed by atoms with E-state index < -0.39 is 11.5 Å². The number of methoxy groups -OCH3 is 2. The van der Waals surface area contributed by atoms with Crippen molar-refractivity contribution in [3.63, 3.8) is 0 Å². The first kappa shape index (κ1) is 14.7. The van der Waals surface area contributed by atoms with Crippen molar-refractivity contribution < 1.29 is 19.4 Å². The molecule has 1 aliphatic rings. The molecule has 110 valence electrons. The molecule has 5 heteroatoms. The van der Waals surface area contributed by atoms with Crippen molar-refractivity contribution >= 4 is 5.97 Å². The molecule has 0 heterocycles. The monoisotopic (exact) mass is 279 g/mol. The van der Waals surface area contributed by atoms with Crippen molar-refractivity contribution in [2.45, 2.75) is 25.3 Å². The molecule has 0 spiro atoms. The quantitative estimate of drug-likeness (QED) is 0.799. The molecular formula is C15H21NO4. The molecule has 1 atom stereocenters. The molecule has 1 unspecified atom stereocenters. The Bertz CT molecular complexity index is 499. The van der Waals surface area contributed by atoms with E-state index in [1.165, 1.54) is 7.11 Å². The number of hydrogen-bond donors (Lipinski definition) is 2. The summed E-state index contributed by atoms with van der Waals surface area (Å²) in [5.41, 5.74) is -0.616. The highest BCUT2D eigenvalue weighted by molar-refractivity contribution is 5.81. The fraction of sp³-hybridized carbons (Fsp3) is 0.533. The summed E-state index contributed by atoms with van der Waals surface area (Å²) in [4.78, 5) is 11.8. The third-order valence-electron chi connectivity index (χ3n) is 3.81. The molecule has 0 bridgehead atoms. The number of carboxylic acids is 1. The van der Waals surface area contributed by atoms with Gasteiger partial charge in [-0.1, -0.05) is 0 Å². The number of rotatable bonds is 7. The minimum atomic E-state index is -1.19. The maximum absolute atomic E-state index is 11.8. The predicted molar refractivity (Wildman–Crippen MR) is 75.3 cm³/mol. The topological polar surface area (TPSA) is 67.8 Å². The Morgan fingerprint density at radius 1 is 1.40 bits per heavy atom. The largest absolute Gasteiger partial charge is 0.497 e. The van der Waals surface area contributed by atoms with E-state index in [1.807, 2.05) is 0 Å². The van der Waals surface area contributed by atoms with Crippen LogP contribution in [-0.2, 0) is 10.3 Å². The highest BCUT2D eigenvalue weighted by Crippen LogP contribution is 2.35. The minimum Gasteiger partial charge on any atom is -0.497 e. The molecule has 0 aliphatic heterocycles. The summed E-state index contributed by atoms with van der Waals surface area (Å²) < 4.78 is 10.5. The van der Waals surface area contributed by atoms with Crippen LogP contribution in [0.4, 0.5) is 0 Å². The zero-order chi connectivity index (χ0) is 14.8. The number of ether oxygens (including phenoxy) is 2. The van der Waals surface area contributed by atoms with E-state index in [-0.39, 0.29) is 0 Å². The Morgan fingerprint density at radius 2 is 2.10 bits per heavy atom. The second-order valence-electron chi connectivity index (χ2n) is 5.32. The maximum atomic E-state index is 11.8. The molecule has 1 aromatic rings. The molecule has 1 aromatic carbocycles. The lowest BCUT2D eigenvalue weighted by Crippen LogP contribution is -2.47. The second-order valence-corrected chi connectivity index (χ2v) is 5.32. The van der Waals surface area contributed by atoms with Gasteiger partial charge in [0, 0.05) is 5.56 Å². The molecule has 20 heavy (non-hydrogen) atoms. The summed E-state index contributed by atoms with van der Waals surface area (Å²) in [5, 5.41) is 12.8. The van der Waals surface area contributed by atoms with Crippen LogP contribution in [0.15, 0.2) is 18.2 Å². The number of benzene rings is 1. The fourth-order valence-electron chi connectivity index (χ4n) is 2.16. The first-order valence-electron chi connectivity index (χ1n) is 6.72. The Kier molecular flexibility index (Phi) is 4.18. The average molecular weight is 279 g/mol. The number of nitrogens with one attached hydrogen (secondary N) is 1. The Morgan fingerprint density at radius 3 is 2.60 bits per heavy atom. The van der Waals surface area contributed by atoms with Gasteiger partial charge < -0.3 is 14.6 Å². The fourth-order valence-corrected chi connectivity index (χ4v) is 2.16. The summed E-state index contributed by atoms with van der Waals surface area (Å²) >= 11 is 0. The first-order valence-corrected chi connectivity index (χ1v) is 6.72. The zero-order valence-corrected chi connectivity index (χ0v) is 12.1. The van der Waals surface area contributed by atoms with Gasteiger partial charge in [0.1, 0.15) is 17.0 Å². The Labute approximate surface area is 118 Å². The van der Waals surface area contributed by atoms with Crippen molar-refractivity contribution in [3.8, 4) is 11.5 Å². The van der Waals surface area contributed by atoms with E-state index >= 15 is 0 Å². The van der Waals surface area contributed by atoms with E-state index in [0.29, 0.717) is 29.5 Å². The Balaban J connectivity index is 2.37. The van der Waals surface area contributed by atoms with Crippen LogP contribution in [-0.4, -0.2) is 31.8 Å². The highest BCUT2D eigenvalue weighted by Gasteiger charge is 2.39. The molecule has 1 fully saturated rings. The van der Waals surface area contributed by atoms with Crippen molar-refractivity contribution in [2.24, 2.45) is 5.92 Å².